The average molecular weight is 354 g/mol. The molecule has 0 fully saturated rings. The van der Waals surface area contributed by atoms with Crippen molar-refractivity contribution in [3.8, 4) is 17.2 Å². The van der Waals surface area contributed by atoms with Gasteiger partial charge in [-0.15, -0.1) is 0 Å². The lowest BCUT2D eigenvalue weighted by Crippen LogP contribution is -2.28. The second-order valence-electron chi connectivity index (χ2n) is 4.80. The fourth-order valence-electron chi connectivity index (χ4n) is 2.06. The van der Waals surface area contributed by atoms with E-state index in [1.165, 1.54) is 0 Å². The van der Waals surface area contributed by atoms with Crippen molar-refractivity contribution in [1.29, 1.82) is 0 Å². The molecule has 1 heterocycles. The predicted molar refractivity (Wildman–Crippen MR) is 86.4 cm³/mol. The van der Waals surface area contributed by atoms with Crippen molar-refractivity contribution < 1.29 is 19.0 Å². The van der Waals surface area contributed by atoms with Crippen molar-refractivity contribution in [3.05, 3.63) is 52.0 Å². The van der Waals surface area contributed by atoms with Crippen molar-refractivity contribution in [1.82, 2.24) is 5.32 Å². The smallest absolute Gasteiger partial charge is 0.258 e. The fourth-order valence-corrected chi connectivity index (χ4v) is 2.57. The third-order valence-corrected chi connectivity index (χ3v) is 3.79. The van der Waals surface area contributed by atoms with Gasteiger partial charge in [0.2, 0.25) is 6.79 Å². The van der Waals surface area contributed by atoms with E-state index >= 15 is 0 Å². The van der Waals surface area contributed by atoms with E-state index < -0.39 is 0 Å². The fraction of sp³-hybridized carbons (Fsp3) is 0.188. The summed E-state index contributed by atoms with van der Waals surface area (Å²) in [5.41, 5.74) is 0.901. The third kappa shape index (κ3) is 3.81. The Bertz CT molecular complexity index is 716. The van der Waals surface area contributed by atoms with E-state index in [-0.39, 0.29) is 19.3 Å². The first-order chi connectivity index (χ1) is 11.1. The van der Waals surface area contributed by atoms with Crippen LogP contribution in [0.4, 0.5) is 0 Å². The van der Waals surface area contributed by atoms with Crippen LogP contribution in [0, 0.1) is 0 Å². The molecule has 0 atom stereocenters. The van der Waals surface area contributed by atoms with Crippen LogP contribution >= 0.6 is 23.2 Å². The first-order valence-corrected chi connectivity index (χ1v) is 7.61. The summed E-state index contributed by atoms with van der Waals surface area (Å²) in [7, 11) is 0. The maximum atomic E-state index is 11.9. The maximum absolute atomic E-state index is 11.9. The number of halogens is 2. The van der Waals surface area contributed by atoms with E-state index in [0.717, 1.165) is 5.56 Å². The summed E-state index contributed by atoms with van der Waals surface area (Å²) in [6.45, 7) is 0.403. The lowest BCUT2D eigenvalue weighted by molar-refractivity contribution is -0.123. The summed E-state index contributed by atoms with van der Waals surface area (Å²) in [6.07, 6.45) is 0. The molecule has 2 aromatic carbocycles. The van der Waals surface area contributed by atoms with Crippen molar-refractivity contribution in [2.24, 2.45) is 0 Å². The van der Waals surface area contributed by atoms with E-state index in [1.54, 1.807) is 18.2 Å². The molecule has 1 aliphatic rings. The second-order valence-corrected chi connectivity index (χ2v) is 5.62. The molecule has 0 unspecified atom stereocenters. The second kappa shape index (κ2) is 6.98. The van der Waals surface area contributed by atoms with Gasteiger partial charge in [-0.2, -0.15) is 0 Å². The molecule has 0 saturated carbocycles. The molecule has 7 heteroatoms. The van der Waals surface area contributed by atoms with Crippen LogP contribution in [0.15, 0.2) is 36.4 Å². The van der Waals surface area contributed by atoms with Gasteiger partial charge in [-0.1, -0.05) is 35.3 Å². The summed E-state index contributed by atoms with van der Waals surface area (Å²) in [6, 6.07) is 10.5. The molecule has 1 amide bonds. The largest absolute Gasteiger partial charge is 0.481 e. The van der Waals surface area contributed by atoms with E-state index in [9.17, 15) is 4.79 Å². The summed E-state index contributed by atoms with van der Waals surface area (Å²) >= 11 is 11.9. The molecule has 1 N–H and O–H groups in total. The van der Waals surface area contributed by atoms with Gasteiger partial charge < -0.3 is 19.5 Å². The minimum absolute atomic E-state index is 0.173. The number of benzene rings is 2. The molecule has 120 valence electrons. The van der Waals surface area contributed by atoms with Crippen molar-refractivity contribution in [2.45, 2.75) is 6.54 Å². The molecule has 3 rings (SSSR count). The molecule has 0 saturated heterocycles. The topological polar surface area (TPSA) is 56.8 Å². The van der Waals surface area contributed by atoms with Gasteiger partial charge in [0.15, 0.2) is 23.9 Å². The maximum Gasteiger partial charge on any atom is 0.258 e. The number of para-hydroxylation sites is 1. The minimum Gasteiger partial charge on any atom is -0.481 e. The monoisotopic (exact) mass is 353 g/mol. The van der Waals surface area contributed by atoms with Crippen LogP contribution in [-0.2, 0) is 11.3 Å². The zero-order valence-corrected chi connectivity index (χ0v) is 13.5. The Morgan fingerprint density at radius 2 is 1.87 bits per heavy atom. The Balaban J connectivity index is 1.52. The molecule has 0 aromatic heterocycles. The lowest BCUT2D eigenvalue weighted by atomic mass is 10.2. The number of fused-ring (bicyclic) bond motifs is 1. The van der Waals surface area contributed by atoms with Gasteiger partial charge >= 0.3 is 0 Å². The highest BCUT2D eigenvalue weighted by atomic mass is 35.5. The third-order valence-electron chi connectivity index (χ3n) is 3.19. The van der Waals surface area contributed by atoms with Gasteiger partial charge in [-0.25, -0.2) is 0 Å². The zero-order chi connectivity index (χ0) is 16.2. The quantitative estimate of drug-likeness (QED) is 0.894. The Hall–Kier alpha value is -2.11. The Morgan fingerprint density at radius 1 is 1.13 bits per heavy atom. The summed E-state index contributed by atoms with van der Waals surface area (Å²) in [4.78, 5) is 11.9. The Kier molecular flexibility index (Phi) is 4.79. The van der Waals surface area contributed by atoms with Gasteiger partial charge in [-0.05, 0) is 29.8 Å². The van der Waals surface area contributed by atoms with Crippen LogP contribution in [0.3, 0.4) is 0 Å². The van der Waals surface area contributed by atoms with E-state index in [1.807, 2.05) is 18.2 Å². The molecule has 0 radical (unpaired) electrons. The first-order valence-electron chi connectivity index (χ1n) is 6.85. The Labute approximate surface area is 143 Å². The van der Waals surface area contributed by atoms with E-state index in [2.05, 4.69) is 5.32 Å². The number of ether oxygens (including phenoxy) is 3. The first kappa shape index (κ1) is 15.8. The van der Waals surface area contributed by atoms with Crippen molar-refractivity contribution >= 4 is 29.1 Å². The summed E-state index contributed by atoms with van der Waals surface area (Å²) < 4.78 is 15.9. The SMILES string of the molecule is O=C(COc1c(Cl)cccc1Cl)NCc1ccc2c(c1)OCO2. The highest BCUT2D eigenvalue weighted by Crippen LogP contribution is 2.33. The van der Waals surface area contributed by atoms with Crippen LogP contribution in [-0.4, -0.2) is 19.3 Å². The number of nitrogens with one attached hydrogen (secondary N) is 1. The molecule has 5 nitrogen and oxygen atoms in total. The molecule has 0 aliphatic carbocycles. The highest BCUT2D eigenvalue weighted by Gasteiger charge is 2.14. The highest BCUT2D eigenvalue weighted by molar-refractivity contribution is 6.37. The van der Waals surface area contributed by atoms with E-state index in [4.69, 9.17) is 37.4 Å². The Morgan fingerprint density at radius 3 is 2.65 bits per heavy atom. The molecule has 0 bridgehead atoms. The summed E-state index contributed by atoms with van der Waals surface area (Å²) in [5.74, 6) is 1.40. The number of carbonyl (C=O) groups is 1. The van der Waals surface area contributed by atoms with Crippen molar-refractivity contribution in [2.75, 3.05) is 13.4 Å². The van der Waals surface area contributed by atoms with Crippen LogP contribution in [0.1, 0.15) is 5.56 Å². The molecular weight excluding hydrogens is 341 g/mol. The number of amides is 1. The summed E-state index contributed by atoms with van der Waals surface area (Å²) in [5, 5.41) is 3.48. The van der Waals surface area contributed by atoms with Gasteiger partial charge in [-0.3, -0.25) is 4.79 Å². The average Bonchev–Trinajstić information content (AvgIpc) is 3.00. The molecule has 0 spiro atoms. The van der Waals surface area contributed by atoms with Crippen LogP contribution < -0.4 is 19.5 Å². The van der Waals surface area contributed by atoms with Gasteiger partial charge in [0.05, 0.1) is 10.0 Å². The van der Waals surface area contributed by atoms with Crippen LogP contribution in [0.5, 0.6) is 17.2 Å². The van der Waals surface area contributed by atoms with Gasteiger partial charge in [0.1, 0.15) is 0 Å². The van der Waals surface area contributed by atoms with Gasteiger partial charge in [0.25, 0.3) is 5.91 Å². The molecule has 2 aromatic rings. The number of hydrogen-bond acceptors (Lipinski definition) is 4. The number of rotatable bonds is 5. The van der Waals surface area contributed by atoms with Gasteiger partial charge in [0, 0.05) is 6.54 Å². The lowest BCUT2D eigenvalue weighted by Gasteiger charge is -2.10. The van der Waals surface area contributed by atoms with E-state index in [0.29, 0.717) is 33.8 Å². The van der Waals surface area contributed by atoms with Crippen LogP contribution in [0.2, 0.25) is 10.0 Å². The molecule has 1 aliphatic heterocycles. The molecule has 23 heavy (non-hydrogen) atoms. The van der Waals surface area contributed by atoms with Crippen LogP contribution in [0.25, 0.3) is 0 Å². The van der Waals surface area contributed by atoms with Crippen molar-refractivity contribution in [3.63, 3.8) is 0 Å². The normalized spacial score (nSPS) is 12.1. The predicted octanol–water partition coefficient (Wildman–Crippen LogP) is 3.42. The minimum atomic E-state index is -0.279. The molecular formula is C16H13Cl2NO4. The standard InChI is InChI=1S/C16H13Cl2NO4/c17-11-2-1-3-12(18)16(11)21-8-15(20)19-7-10-4-5-13-14(6-10)23-9-22-13/h1-6H,7-9H2,(H,19,20). The number of carbonyl (C=O) groups excluding carboxylic acids is 1. The number of hydrogen-bond donors (Lipinski definition) is 1. The zero-order valence-electron chi connectivity index (χ0n) is 12.0.